The average Bonchev–Trinajstić information content (AvgIpc) is 3.03. The molecule has 1 aromatic carbocycles. The summed E-state index contributed by atoms with van der Waals surface area (Å²) >= 11 is 0. The summed E-state index contributed by atoms with van der Waals surface area (Å²) in [7, 11) is 1.92. The lowest BCUT2D eigenvalue weighted by molar-refractivity contribution is -0.0569. The van der Waals surface area contributed by atoms with Crippen LogP contribution in [0.25, 0.3) is 22.2 Å². The number of H-pyrrole nitrogens is 1. The van der Waals surface area contributed by atoms with Crippen LogP contribution in [0, 0.1) is 0 Å². The van der Waals surface area contributed by atoms with Crippen molar-refractivity contribution in [1.82, 2.24) is 14.5 Å². The number of aryl methyl sites for hydroxylation is 1. The summed E-state index contributed by atoms with van der Waals surface area (Å²) in [5.41, 5.74) is 1.78. The number of benzene rings is 1. The van der Waals surface area contributed by atoms with Gasteiger partial charge in [0.15, 0.2) is 5.56 Å². The van der Waals surface area contributed by atoms with Gasteiger partial charge in [-0.25, -0.2) is 13.6 Å². The Morgan fingerprint density at radius 3 is 2.48 bits per heavy atom. The summed E-state index contributed by atoms with van der Waals surface area (Å²) in [6, 6.07) is 7.55. The number of hydrogen-bond acceptors (Lipinski definition) is 4. The first-order chi connectivity index (χ1) is 15.1. The summed E-state index contributed by atoms with van der Waals surface area (Å²) in [6.07, 6.45) is 0.0596. The van der Waals surface area contributed by atoms with Crippen LogP contribution >= 0.6 is 12.4 Å². The predicted molar refractivity (Wildman–Crippen MR) is 124 cm³/mol. The van der Waals surface area contributed by atoms with E-state index >= 15 is 0 Å². The second-order valence-corrected chi connectivity index (χ2v) is 8.29. The molecular formula is C23H26ClF2N3O4. The molecule has 0 radical (unpaired) electrons. The molecule has 1 aliphatic rings. The average molecular weight is 482 g/mol. The largest absolute Gasteiger partial charge is 0.506 e. The highest BCUT2D eigenvalue weighted by Crippen LogP contribution is 2.33. The number of piperidine rings is 1. The molecule has 1 saturated heterocycles. The number of alkyl halides is 2. The monoisotopic (exact) mass is 481 g/mol. The summed E-state index contributed by atoms with van der Waals surface area (Å²) in [5.74, 6) is -4.59. The number of pyridine rings is 1. The Hall–Kier alpha value is -2.91. The molecule has 0 saturated carbocycles. The van der Waals surface area contributed by atoms with Gasteiger partial charge >= 0.3 is 5.97 Å². The smallest absolute Gasteiger partial charge is 0.345 e. The van der Waals surface area contributed by atoms with Crippen molar-refractivity contribution in [3.8, 4) is 17.0 Å². The van der Waals surface area contributed by atoms with Crippen molar-refractivity contribution < 1.29 is 23.8 Å². The van der Waals surface area contributed by atoms with E-state index in [9.17, 15) is 28.6 Å². The first-order valence-electron chi connectivity index (χ1n) is 10.5. The van der Waals surface area contributed by atoms with Gasteiger partial charge in [0.05, 0.1) is 5.69 Å². The molecule has 0 unspecified atom stereocenters. The number of nitrogens with one attached hydrogen (secondary N) is 1. The van der Waals surface area contributed by atoms with Crippen LogP contribution in [-0.2, 0) is 20.0 Å². The van der Waals surface area contributed by atoms with Gasteiger partial charge in [-0.15, -0.1) is 12.4 Å². The predicted octanol–water partition coefficient (Wildman–Crippen LogP) is 4.15. The number of fused-ring (bicyclic) bond motifs is 1. The van der Waals surface area contributed by atoms with Crippen molar-refractivity contribution in [3.63, 3.8) is 0 Å². The van der Waals surface area contributed by atoms with Crippen LogP contribution in [0.15, 0.2) is 29.1 Å². The Morgan fingerprint density at radius 2 is 1.88 bits per heavy atom. The number of carboxylic acids is 1. The lowest BCUT2D eigenvalue weighted by Gasteiger charge is -2.31. The molecule has 3 heterocycles. The van der Waals surface area contributed by atoms with Gasteiger partial charge in [-0.05, 0) is 30.2 Å². The van der Waals surface area contributed by atoms with E-state index in [0.717, 1.165) is 16.6 Å². The third-order valence-corrected chi connectivity index (χ3v) is 6.26. The van der Waals surface area contributed by atoms with Crippen LogP contribution < -0.4 is 5.56 Å². The fourth-order valence-corrected chi connectivity index (χ4v) is 4.40. The highest BCUT2D eigenvalue weighted by atomic mass is 35.5. The van der Waals surface area contributed by atoms with E-state index in [1.54, 1.807) is 13.0 Å². The van der Waals surface area contributed by atoms with Crippen LogP contribution in [-0.4, -0.2) is 49.6 Å². The number of aromatic nitrogens is 2. The molecule has 0 atom stereocenters. The SMILES string of the molecule is CCc1c(-c2ccc3c(c2)cc(CN2CCC(F)(F)CC2)n3C)[nH]c(=O)c(C(=O)O)c1O.Cl. The molecule has 2 aromatic heterocycles. The zero-order valence-corrected chi connectivity index (χ0v) is 19.1. The summed E-state index contributed by atoms with van der Waals surface area (Å²) in [5, 5.41) is 20.5. The third-order valence-electron chi connectivity index (χ3n) is 6.26. The van der Waals surface area contributed by atoms with E-state index in [0.29, 0.717) is 42.9 Å². The zero-order valence-electron chi connectivity index (χ0n) is 18.3. The van der Waals surface area contributed by atoms with Crippen molar-refractivity contribution >= 4 is 29.3 Å². The summed E-state index contributed by atoms with van der Waals surface area (Å²) in [4.78, 5) is 28.2. The van der Waals surface area contributed by atoms with Crippen molar-refractivity contribution in [2.75, 3.05) is 13.1 Å². The van der Waals surface area contributed by atoms with E-state index in [2.05, 4.69) is 4.98 Å². The topological polar surface area (TPSA) is 98.6 Å². The van der Waals surface area contributed by atoms with Crippen molar-refractivity contribution in [2.24, 2.45) is 7.05 Å². The Labute approximate surface area is 195 Å². The van der Waals surface area contributed by atoms with Gasteiger partial charge in [-0.2, -0.15) is 0 Å². The maximum Gasteiger partial charge on any atom is 0.345 e. The number of carbonyl (C=O) groups is 1. The first kappa shape index (κ1) is 24.7. The van der Waals surface area contributed by atoms with Gasteiger partial charge in [0.2, 0.25) is 0 Å². The molecule has 1 fully saturated rings. The van der Waals surface area contributed by atoms with E-state index in [1.165, 1.54) is 0 Å². The van der Waals surface area contributed by atoms with Gasteiger partial charge in [0, 0.05) is 61.7 Å². The Bertz CT molecular complexity index is 1260. The number of rotatable bonds is 5. The number of hydrogen-bond donors (Lipinski definition) is 3. The molecule has 0 aliphatic carbocycles. The third kappa shape index (κ3) is 4.60. The van der Waals surface area contributed by atoms with E-state index in [-0.39, 0.29) is 25.2 Å². The Kier molecular flexibility index (Phi) is 6.85. The molecule has 0 amide bonds. The maximum absolute atomic E-state index is 13.4. The van der Waals surface area contributed by atoms with E-state index < -0.39 is 28.8 Å². The molecular weight excluding hydrogens is 456 g/mol. The quantitative estimate of drug-likeness (QED) is 0.508. The lowest BCUT2D eigenvalue weighted by Crippen LogP contribution is -2.39. The highest BCUT2D eigenvalue weighted by Gasteiger charge is 2.34. The van der Waals surface area contributed by atoms with Gasteiger partial charge in [-0.3, -0.25) is 9.69 Å². The summed E-state index contributed by atoms with van der Waals surface area (Å²) in [6.45, 7) is 3.01. The molecule has 0 spiro atoms. The fourth-order valence-electron chi connectivity index (χ4n) is 4.40. The minimum absolute atomic E-state index is 0. The van der Waals surface area contributed by atoms with Crippen LogP contribution in [0.2, 0.25) is 0 Å². The first-order valence-corrected chi connectivity index (χ1v) is 10.5. The van der Waals surface area contributed by atoms with Gasteiger partial charge in [-0.1, -0.05) is 13.0 Å². The molecule has 0 bridgehead atoms. The molecule has 33 heavy (non-hydrogen) atoms. The van der Waals surface area contributed by atoms with Crippen LogP contribution in [0.3, 0.4) is 0 Å². The normalized spacial score (nSPS) is 16.0. The van der Waals surface area contributed by atoms with Crippen LogP contribution in [0.1, 0.15) is 41.4 Å². The van der Waals surface area contributed by atoms with Crippen molar-refractivity contribution in [3.05, 3.63) is 51.4 Å². The molecule has 1 aliphatic heterocycles. The zero-order chi connectivity index (χ0) is 23.2. The summed E-state index contributed by atoms with van der Waals surface area (Å²) < 4.78 is 28.9. The lowest BCUT2D eigenvalue weighted by atomic mass is 9.99. The number of aromatic hydroxyl groups is 1. The van der Waals surface area contributed by atoms with Crippen molar-refractivity contribution in [1.29, 1.82) is 0 Å². The Morgan fingerprint density at radius 1 is 1.21 bits per heavy atom. The molecule has 10 heteroatoms. The second kappa shape index (κ2) is 9.15. The second-order valence-electron chi connectivity index (χ2n) is 8.29. The number of halogens is 3. The minimum atomic E-state index is -2.58. The fraction of sp³-hybridized carbons (Fsp3) is 0.391. The number of nitrogens with zero attached hydrogens (tertiary/aromatic N) is 2. The number of carboxylic acid groups (broad SMARTS) is 1. The van der Waals surface area contributed by atoms with Gasteiger partial charge in [0.25, 0.3) is 11.5 Å². The highest BCUT2D eigenvalue weighted by molar-refractivity contribution is 5.92. The van der Waals surface area contributed by atoms with E-state index in [4.69, 9.17) is 0 Å². The Balaban J connectivity index is 0.00000306. The standard InChI is InChI=1S/C23H25F2N3O4.ClH/c1-3-16-19(26-21(30)18(20(16)29)22(31)32)13-4-5-17-14(10-13)11-15(27(17)2)12-28-8-6-23(24,25)7-9-28;/h4-5,10-11H,3,6-9,12H2,1-2H3,(H,31,32)(H2,26,29,30);1H. The van der Waals surface area contributed by atoms with Gasteiger partial charge < -0.3 is 19.8 Å². The van der Waals surface area contributed by atoms with E-state index in [1.807, 2.05) is 34.7 Å². The molecule has 3 N–H and O–H groups in total. The minimum Gasteiger partial charge on any atom is -0.506 e. The number of aromatic amines is 1. The van der Waals surface area contributed by atoms with Crippen molar-refractivity contribution in [2.45, 2.75) is 38.7 Å². The van der Waals surface area contributed by atoms with Crippen LogP contribution in [0.5, 0.6) is 5.75 Å². The van der Waals surface area contributed by atoms with Crippen LogP contribution in [0.4, 0.5) is 8.78 Å². The maximum atomic E-state index is 13.4. The number of aromatic carboxylic acids is 1. The van der Waals surface area contributed by atoms with Gasteiger partial charge in [0.1, 0.15) is 5.75 Å². The molecule has 7 nitrogen and oxygen atoms in total. The molecule has 3 aromatic rings. The molecule has 178 valence electrons. The number of likely N-dealkylation sites (tertiary alicyclic amines) is 1. The molecule has 4 rings (SSSR count).